The molecular formula is C33H36FNO5S2. The molecule has 1 aliphatic rings. The zero-order valence-corrected chi connectivity index (χ0v) is 25.8. The lowest BCUT2D eigenvalue weighted by atomic mass is 9.73. The Balaban J connectivity index is 1.58. The number of hydrogen-bond acceptors (Lipinski definition) is 6. The molecule has 6 nitrogen and oxygen atoms in total. The summed E-state index contributed by atoms with van der Waals surface area (Å²) in [5, 5.41) is 11.9. The third-order valence-electron chi connectivity index (χ3n) is 8.62. The van der Waals surface area contributed by atoms with E-state index in [-0.39, 0.29) is 22.8 Å². The monoisotopic (exact) mass is 609 g/mol. The van der Waals surface area contributed by atoms with Gasteiger partial charge in [-0.05, 0) is 91.6 Å². The van der Waals surface area contributed by atoms with Crippen molar-refractivity contribution in [2.75, 3.05) is 12.5 Å². The van der Waals surface area contributed by atoms with Crippen LogP contribution in [0.4, 0.5) is 4.39 Å². The summed E-state index contributed by atoms with van der Waals surface area (Å²) >= 11 is 0. The van der Waals surface area contributed by atoms with Gasteiger partial charge in [0.15, 0.2) is 15.5 Å². The summed E-state index contributed by atoms with van der Waals surface area (Å²) in [6.45, 7) is 3.22. The van der Waals surface area contributed by atoms with Gasteiger partial charge in [0, 0.05) is 36.1 Å². The highest BCUT2D eigenvalue weighted by molar-refractivity contribution is 7.91. The van der Waals surface area contributed by atoms with Crippen LogP contribution >= 0.6 is 0 Å². The van der Waals surface area contributed by atoms with E-state index < -0.39 is 36.2 Å². The summed E-state index contributed by atoms with van der Waals surface area (Å²) in [6.07, 6.45) is 5.70. The number of hydrogen-bond donors (Lipinski definition) is 1. The molecular weight excluding hydrogens is 573 g/mol. The zero-order valence-electron chi connectivity index (χ0n) is 24.2. The second kappa shape index (κ2) is 10.8. The van der Waals surface area contributed by atoms with Crippen molar-refractivity contribution < 1.29 is 26.3 Å². The van der Waals surface area contributed by atoms with Crippen LogP contribution in [0, 0.1) is 5.92 Å². The van der Waals surface area contributed by atoms with Crippen LogP contribution in [0.3, 0.4) is 0 Å². The lowest BCUT2D eigenvalue weighted by molar-refractivity contribution is -0.112. The maximum absolute atomic E-state index is 17.3. The van der Waals surface area contributed by atoms with Crippen LogP contribution in [0.2, 0.25) is 0 Å². The van der Waals surface area contributed by atoms with Crippen molar-refractivity contribution in [2.45, 2.75) is 60.9 Å². The molecule has 0 saturated heterocycles. The van der Waals surface area contributed by atoms with Crippen molar-refractivity contribution in [2.24, 2.45) is 5.92 Å². The molecule has 3 atom stereocenters. The molecule has 1 heterocycles. The summed E-state index contributed by atoms with van der Waals surface area (Å²) in [5.74, 6) is -0.207. The molecule has 222 valence electrons. The first kappa shape index (κ1) is 30.3. The number of nitrogens with zero attached hydrogens (tertiary/aromatic N) is 1. The molecule has 5 rings (SSSR count). The van der Waals surface area contributed by atoms with Gasteiger partial charge in [0.2, 0.25) is 0 Å². The molecule has 0 radical (unpaired) electrons. The second-order valence-electron chi connectivity index (χ2n) is 12.0. The highest BCUT2D eigenvalue weighted by Crippen LogP contribution is 2.52. The Morgan fingerprint density at radius 2 is 1.64 bits per heavy atom. The molecule has 0 amide bonds. The third-order valence-corrected chi connectivity index (χ3v) is 11.4. The lowest BCUT2D eigenvalue weighted by Crippen LogP contribution is -2.49. The first-order valence-corrected chi connectivity index (χ1v) is 17.8. The second-order valence-corrected chi connectivity index (χ2v) is 16.4. The van der Waals surface area contributed by atoms with Crippen LogP contribution in [0.1, 0.15) is 43.4 Å². The maximum Gasteiger partial charge on any atom is 0.175 e. The standard InChI is InChI=1S/C33H36FNO5S2/c1-22(41(3,37)38)17-24-19-26-9-6-16-35-31(26)30(20-24)25-8-5-7-23(18-25)21-33(34,32(2,36)27-10-11-27)28-12-14-29(15-13-28)42(4,39)40/h5-9,12-16,18-20,22,27,36H,10-11,17,21H2,1-4H3. The molecule has 0 bridgehead atoms. The van der Waals surface area contributed by atoms with E-state index in [1.807, 2.05) is 48.5 Å². The number of aromatic nitrogens is 1. The third kappa shape index (κ3) is 6.00. The number of halogens is 1. The van der Waals surface area contributed by atoms with Gasteiger partial charge in [-0.15, -0.1) is 0 Å². The minimum Gasteiger partial charge on any atom is -0.386 e. The van der Waals surface area contributed by atoms with E-state index in [4.69, 9.17) is 0 Å². The highest BCUT2D eigenvalue weighted by atomic mass is 32.2. The number of alkyl halides is 1. The summed E-state index contributed by atoms with van der Waals surface area (Å²) in [4.78, 5) is 4.68. The van der Waals surface area contributed by atoms with Crippen LogP contribution in [0.25, 0.3) is 22.0 Å². The number of benzene rings is 3. The van der Waals surface area contributed by atoms with E-state index in [1.165, 1.54) is 37.4 Å². The number of rotatable bonds is 10. The van der Waals surface area contributed by atoms with Crippen molar-refractivity contribution in [3.05, 3.63) is 95.7 Å². The number of sulfone groups is 2. The summed E-state index contributed by atoms with van der Waals surface area (Å²) in [7, 11) is -6.69. The van der Waals surface area contributed by atoms with Gasteiger partial charge < -0.3 is 5.11 Å². The Hall–Kier alpha value is -3.14. The minimum atomic E-state index is -3.46. The Morgan fingerprint density at radius 1 is 0.952 bits per heavy atom. The predicted molar refractivity (Wildman–Crippen MR) is 165 cm³/mol. The molecule has 1 aromatic heterocycles. The van der Waals surface area contributed by atoms with E-state index in [2.05, 4.69) is 4.98 Å². The van der Waals surface area contributed by atoms with Crippen LogP contribution in [0.5, 0.6) is 0 Å². The normalized spacial score (nSPS) is 17.9. The van der Waals surface area contributed by atoms with Crippen LogP contribution in [-0.4, -0.2) is 50.3 Å². The molecule has 1 aliphatic carbocycles. The average Bonchev–Trinajstić information content (AvgIpc) is 3.78. The number of pyridine rings is 1. The highest BCUT2D eigenvalue weighted by Gasteiger charge is 2.57. The molecule has 1 N–H and O–H groups in total. The fraction of sp³-hybridized carbons (Fsp3) is 0.364. The van der Waals surface area contributed by atoms with Crippen LogP contribution in [0.15, 0.2) is 83.9 Å². The quantitative estimate of drug-likeness (QED) is 0.242. The van der Waals surface area contributed by atoms with Crippen molar-refractivity contribution in [1.29, 1.82) is 0 Å². The number of aliphatic hydroxyl groups is 1. The molecule has 0 spiro atoms. The van der Waals surface area contributed by atoms with Crippen molar-refractivity contribution in [1.82, 2.24) is 4.98 Å². The molecule has 3 unspecified atom stereocenters. The molecule has 9 heteroatoms. The first-order valence-electron chi connectivity index (χ1n) is 14.0. The Kier molecular flexibility index (Phi) is 7.83. The summed E-state index contributed by atoms with van der Waals surface area (Å²) < 4.78 is 65.7. The molecule has 3 aromatic carbocycles. The fourth-order valence-corrected chi connectivity index (χ4v) is 6.84. The van der Waals surface area contributed by atoms with Crippen LogP contribution in [-0.2, 0) is 38.2 Å². The Morgan fingerprint density at radius 3 is 2.26 bits per heavy atom. The minimum absolute atomic E-state index is 0.0890. The molecule has 1 fully saturated rings. The van der Waals surface area contributed by atoms with Crippen molar-refractivity contribution in [3.8, 4) is 11.1 Å². The SMILES string of the molecule is CC(Cc1cc(-c2cccc(CC(F)(c3ccc(S(C)(=O)=O)cc3)C(C)(O)C3CC3)c2)c2ncccc2c1)S(C)(=O)=O. The smallest absolute Gasteiger partial charge is 0.175 e. The molecule has 0 aliphatic heterocycles. The average molecular weight is 610 g/mol. The van der Waals surface area contributed by atoms with E-state index in [0.29, 0.717) is 12.0 Å². The van der Waals surface area contributed by atoms with Crippen molar-refractivity contribution in [3.63, 3.8) is 0 Å². The maximum atomic E-state index is 17.3. The lowest BCUT2D eigenvalue weighted by Gasteiger charge is -2.40. The Bertz CT molecular complexity index is 1850. The Labute approximate surface area is 247 Å². The van der Waals surface area contributed by atoms with Crippen LogP contribution < -0.4 is 0 Å². The molecule has 4 aromatic rings. The largest absolute Gasteiger partial charge is 0.386 e. The topological polar surface area (TPSA) is 101 Å². The number of fused-ring (bicyclic) bond motifs is 1. The van der Waals surface area contributed by atoms with E-state index >= 15 is 4.39 Å². The summed E-state index contributed by atoms with van der Waals surface area (Å²) in [5.41, 5.74) is 0.229. The van der Waals surface area contributed by atoms with Gasteiger partial charge in [-0.2, -0.15) is 0 Å². The van der Waals surface area contributed by atoms with Gasteiger partial charge in [-0.1, -0.05) is 42.5 Å². The molecule has 42 heavy (non-hydrogen) atoms. The van der Waals surface area contributed by atoms with Gasteiger partial charge in [0.25, 0.3) is 0 Å². The van der Waals surface area contributed by atoms with Gasteiger partial charge in [-0.25, -0.2) is 21.2 Å². The summed E-state index contributed by atoms with van der Waals surface area (Å²) in [6, 6.07) is 20.8. The predicted octanol–water partition coefficient (Wildman–Crippen LogP) is 5.85. The first-order chi connectivity index (χ1) is 19.6. The van der Waals surface area contributed by atoms with Gasteiger partial charge >= 0.3 is 0 Å². The van der Waals surface area contributed by atoms with E-state index in [0.717, 1.165) is 46.7 Å². The fourth-order valence-electron chi connectivity index (χ4n) is 5.71. The zero-order chi connectivity index (χ0) is 30.5. The van der Waals surface area contributed by atoms with E-state index in [9.17, 15) is 21.9 Å². The van der Waals surface area contributed by atoms with Gasteiger partial charge in [0.1, 0.15) is 15.4 Å². The molecule has 1 saturated carbocycles. The van der Waals surface area contributed by atoms with Gasteiger partial charge in [-0.3, -0.25) is 4.98 Å². The van der Waals surface area contributed by atoms with Crippen molar-refractivity contribution >= 4 is 30.6 Å². The van der Waals surface area contributed by atoms with Gasteiger partial charge in [0.05, 0.1) is 15.7 Å². The van der Waals surface area contributed by atoms with E-state index in [1.54, 1.807) is 13.1 Å².